The van der Waals surface area contributed by atoms with E-state index < -0.39 is 29.2 Å². The number of carbonyl (C=O) groups excluding carboxylic acids is 1. The van der Waals surface area contributed by atoms with E-state index in [4.69, 9.17) is 5.11 Å². The molecular formula is C15H18F3NO3. The van der Waals surface area contributed by atoms with Gasteiger partial charge in [-0.1, -0.05) is 19.1 Å². The van der Waals surface area contributed by atoms with E-state index in [1.165, 1.54) is 12.1 Å². The lowest BCUT2D eigenvalue weighted by Gasteiger charge is -2.28. The third kappa shape index (κ3) is 5.38. The number of alkyl halides is 3. The second kappa shape index (κ2) is 6.81. The summed E-state index contributed by atoms with van der Waals surface area (Å²) in [7, 11) is 0. The van der Waals surface area contributed by atoms with Gasteiger partial charge in [-0.25, -0.2) is 0 Å². The Hall–Kier alpha value is -2.05. The highest BCUT2D eigenvalue weighted by molar-refractivity contribution is 5.80. The van der Waals surface area contributed by atoms with E-state index in [1.807, 2.05) is 0 Å². The molecule has 2 N–H and O–H groups in total. The Kier molecular flexibility index (Phi) is 5.57. The molecule has 0 fully saturated rings. The van der Waals surface area contributed by atoms with Crippen molar-refractivity contribution in [2.24, 2.45) is 0 Å². The number of carbonyl (C=O) groups is 2. The summed E-state index contributed by atoms with van der Waals surface area (Å²) in [4.78, 5) is 22.7. The molecule has 22 heavy (non-hydrogen) atoms. The summed E-state index contributed by atoms with van der Waals surface area (Å²) in [5.74, 6) is -1.45. The number of rotatable bonds is 6. The molecule has 0 aliphatic rings. The van der Waals surface area contributed by atoms with Gasteiger partial charge in [0.1, 0.15) is 0 Å². The minimum atomic E-state index is -4.41. The highest BCUT2D eigenvalue weighted by Gasteiger charge is 2.30. The van der Waals surface area contributed by atoms with Gasteiger partial charge in [0.05, 0.1) is 18.4 Å². The zero-order valence-corrected chi connectivity index (χ0v) is 12.3. The van der Waals surface area contributed by atoms with Crippen molar-refractivity contribution in [3.8, 4) is 0 Å². The molecule has 1 unspecified atom stereocenters. The lowest BCUT2D eigenvalue weighted by molar-refractivity contribution is -0.139. The molecule has 1 aromatic carbocycles. The molecule has 1 amide bonds. The van der Waals surface area contributed by atoms with Crippen molar-refractivity contribution < 1.29 is 27.9 Å². The van der Waals surface area contributed by atoms with Gasteiger partial charge in [0.25, 0.3) is 0 Å². The highest BCUT2D eigenvalue weighted by atomic mass is 19.4. The molecule has 0 saturated heterocycles. The number of hydrogen-bond acceptors (Lipinski definition) is 2. The van der Waals surface area contributed by atoms with Crippen LogP contribution in [0.3, 0.4) is 0 Å². The molecule has 0 aromatic heterocycles. The fraction of sp³-hybridized carbons (Fsp3) is 0.467. The van der Waals surface area contributed by atoms with Crippen molar-refractivity contribution in [3.05, 3.63) is 35.4 Å². The number of amides is 1. The third-order valence-corrected chi connectivity index (χ3v) is 3.41. The Morgan fingerprint density at radius 3 is 2.14 bits per heavy atom. The first kappa shape index (κ1) is 18.0. The summed E-state index contributed by atoms with van der Waals surface area (Å²) < 4.78 is 37.3. The second-order valence-corrected chi connectivity index (χ2v) is 5.40. The van der Waals surface area contributed by atoms with Crippen molar-refractivity contribution in [2.45, 2.75) is 44.8 Å². The van der Waals surface area contributed by atoms with Gasteiger partial charge in [-0.15, -0.1) is 0 Å². The number of carboxylic acid groups (broad SMARTS) is 1. The zero-order valence-electron chi connectivity index (χ0n) is 12.3. The first-order valence-electron chi connectivity index (χ1n) is 6.75. The van der Waals surface area contributed by atoms with Gasteiger partial charge in [-0.3, -0.25) is 9.59 Å². The molecule has 7 heteroatoms. The first-order valence-corrected chi connectivity index (χ1v) is 6.75. The van der Waals surface area contributed by atoms with E-state index in [2.05, 4.69) is 5.32 Å². The van der Waals surface area contributed by atoms with E-state index in [9.17, 15) is 22.8 Å². The molecule has 1 rings (SSSR count). The lowest BCUT2D eigenvalue weighted by Crippen LogP contribution is -2.47. The Bertz CT molecular complexity index is 540. The van der Waals surface area contributed by atoms with Crippen LogP contribution in [0.4, 0.5) is 13.2 Å². The smallest absolute Gasteiger partial charge is 0.416 e. The van der Waals surface area contributed by atoms with Crippen LogP contribution in [0.25, 0.3) is 0 Å². The van der Waals surface area contributed by atoms with Crippen LogP contribution in [0.2, 0.25) is 0 Å². The Balaban J connectivity index is 2.70. The summed E-state index contributed by atoms with van der Waals surface area (Å²) in [5, 5.41) is 11.5. The lowest BCUT2D eigenvalue weighted by atomic mass is 9.94. The van der Waals surface area contributed by atoms with Crippen molar-refractivity contribution in [1.82, 2.24) is 5.32 Å². The number of hydrogen-bond donors (Lipinski definition) is 2. The molecule has 1 atom stereocenters. The summed E-state index contributed by atoms with van der Waals surface area (Å²) in [6.45, 7) is 3.37. The highest BCUT2D eigenvalue weighted by Crippen LogP contribution is 2.29. The molecule has 0 saturated carbocycles. The van der Waals surface area contributed by atoms with E-state index in [-0.39, 0.29) is 12.8 Å². The minimum absolute atomic E-state index is 0.104. The largest absolute Gasteiger partial charge is 0.481 e. The van der Waals surface area contributed by atoms with Crippen LogP contribution in [0.1, 0.15) is 37.8 Å². The van der Waals surface area contributed by atoms with Crippen LogP contribution < -0.4 is 5.32 Å². The summed E-state index contributed by atoms with van der Waals surface area (Å²) >= 11 is 0. The number of nitrogens with one attached hydrogen (secondary N) is 1. The molecule has 0 spiro atoms. The predicted octanol–water partition coefficient (Wildman–Crippen LogP) is 3.01. The summed E-state index contributed by atoms with van der Waals surface area (Å²) in [6.07, 6.45) is -4.31. The quantitative estimate of drug-likeness (QED) is 0.847. The number of benzene rings is 1. The van der Waals surface area contributed by atoms with Gasteiger partial charge < -0.3 is 10.4 Å². The Labute approximate surface area is 126 Å². The van der Waals surface area contributed by atoms with E-state index in [1.54, 1.807) is 13.8 Å². The van der Waals surface area contributed by atoms with Gasteiger partial charge >= 0.3 is 12.1 Å². The minimum Gasteiger partial charge on any atom is -0.481 e. The maximum atomic E-state index is 12.4. The predicted molar refractivity (Wildman–Crippen MR) is 74.2 cm³/mol. The van der Waals surface area contributed by atoms with Crippen LogP contribution in [0.5, 0.6) is 0 Å². The fourth-order valence-electron chi connectivity index (χ4n) is 1.97. The molecule has 0 radical (unpaired) electrons. The molecular weight excluding hydrogens is 299 g/mol. The van der Waals surface area contributed by atoms with Crippen LogP contribution in [0.15, 0.2) is 24.3 Å². The summed E-state index contributed by atoms with van der Waals surface area (Å²) in [5.41, 5.74) is -1.23. The fourth-order valence-corrected chi connectivity index (χ4v) is 1.97. The van der Waals surface area contributed by atoms with Gasteiger partial charge in [0.2, 0.25) is 5.91 Å². The Morgan fingerprint density at radius 2 is 1.73 bits per heavy atom. The molecule has 122 valence electrons. The molecule has 0 aliphatic carbocycles. The van der Waals surface area contributed by atoms with Gasteiger partial charge in [-0.2, -0.15) is 13.2 Å². The zero-order chi connectivity index (χ0) is 17.0. The average Bonchev–Trinajstić information content (AvgIpc) is 2.37. The molecule has 4 nitrogen and oxygen atoms in total. The maximum absolute atomic E-state index is 12.4. The van der Waals surface area contributed by atoms with Crippen molar-refractivity contribution in [1.29, 1.82) is 0 Å². The van der Waals surface area contributed by atoms with Crippen LogP contribution in [0, 0.1) is 0 Å². The standard InChI is InChI=1S/C15H18F3NO3/c1-3-14(2,9-13(21)22)19-12(20)8-10-4-6-11(7-5-10)15(16,17)18/h4-7H,3,8-9H2,1-2H3,(H,19,20)(H,21,22). The van der Waals surface area contributed by atoms with Crippen LogP contribution in [-0.2, 0) is 22.2 Å². The van der Waals surface area contributed by atoms with Crippen molar-refractivity contribution in [3.63, 3.8) is 0 Å². The second-order valence-electron chi connectivity index (χ2n) is 5.40. The van der Waals surface area contributed by atoms with Gasteiger partial charge in [-0.05, 0) is 31.0 Å². The molecule has 1 aromatic rings. The van der Waals surface area contributed by atoms with Crippen LogP contribution >= 0.6 is 0 Å². The van der Waals surface area contributed by atoms with Crippen molar-refractivity contribution in [2.75, 3.05) is 0 Å². The maximum Gasteiger partial charge on any atom is 0.416 e. The molecule has 0 heterocycles. The molecule has 0 bridgehead atoms. The third-order valence-electron chi connectivity index (χ3n) is 3.41. The Morgan fingerprint density at radius 1 is 1.18 bits per heavy atom. The monoisotopic (exact) mass is 317 g/mol. The number of carboxylic acids is 1. The topological polar surface area (TPSA) is 66.4 Å². The average molecular weight is 317 g/mol. The summed E-state index contributed by atoms with van der Waals surface area (Å²) in [6, 6.07) is 4.31. The SMILES string of the molecule is CCC(C)(CC(=O)O)NC(=O)Cc1ccc(C(F)(F)F)cc1. The van der Waals surface area contributed by atoms with E-state index >= 15 is 0 Å². The number of aliphatic carboxylic acids is 1. The van der Waals surface area contributed by atoms with Gasteiger partial charge in [0.15, 0.2) is 0 Å². The van der Waals surface area contributed by atoms with Crippen LogP contribution in [-0.4, -0.2) is 22.5 Å². The van der Waals surface area contributed by atoms with E-state index in [0.717, 1.165) is 12.1 Å². The number of halogens is 3. The van der Waals surface area contributed by atoms with Crippen molar-refractivity contribution >= 4 is 11.9 Å². The van der Waals surface area contributed by atoms with Gasteiger partial charge in [0, 0.05) is 5.54 Å². The normalized spacial score (nSPS) is 14.2. The van der Waals surface area contributed by atoms with E-state index in [0.29, 0.717) is 12.0 Å². The molecule has 0 aliphatic heterocycles. The first-order chi connectivity index (χ1) is 10.1.